The molecule has 182 valence electrons. The van der Waals surface area contributed by atoms with Gasteiger partial charge in [-0.1, -0.05) is 68.2 Å². The highest BCUT2D eigenvalue weighted by molar-refractivity contribution is 4.89. The third kappa shape index (κ3) is 13.2. The normalized spacial score (nSPS) is 17.1. The molecule has 0 aromatic carbocycles. The maximum atomic E-state index is 5.96. The molecule has 0 aromatic rings. The Morgan fingerprint density at radius 3 is 2.00 bits per heavy atom. The fourth-order valence-corrected chi connectivity index (χ4v) is 3.34. The van der Waals surface area contributed by atoms with Gasteiger partial charge in [-0.25, -0.2) is 0 Å². The van der Waals surface area contributed by atoms with Crippen LogP contribution in [0.25, 0.3) is 0 Å². The van der Waals surface area contributed by atoms with Crippen LogP contribution >= 0.6 is 0 Å². The lowest BCUT2D eigenvalue weighted by Crippen LogP contribution is -2.67. The highest BCUT2D eigenvalue weighted by Gasteiger charge is 2.38. The van der Waals surface area contributed by atoms with E-state index >= 15 is 0 Å². The zero-order valence-corrected chi connectivity index (χ0v) is 21.3. The molecule has 0 aromatic heterocycles. The first-order chi connectivity index (χ1) is 14.3. The first-order valence-electron chi connectivity index (χ1n) is 12.5. The van der Waals surface area contributed by atoms with Crippen molar-refractivity contribution in [1.29, 1.82) is 0 Å². The summed E-state index contributed by atoms with van der Waals surface area (Å²) in [5, 5.41) is 0. The van der Waals surface area contributed by atoms with Crippen LogP contribution in [-0.4, -0.2) is 31.5 Å². The fraction of sp³-hybridized carbons (Fsp3) is 1.00. The Kier molecular flexibility index (Phi) is 18.2. The highest BCUT2D eigenvalue weighted by atomic mass is 16.7. The summed E-state index contributed by atoms with van der Waals surface area (Å²) in [5.41, 5.74) is 9.32. The molecule has 0 fully saturated rings. The summed E-state index contributed by atoms with van der Waals surface area (Å²) in [6.07, 6.45) is 8.42. The van der Waals surface area contributed by atoms with E-state index in [1.807, 2.05) is 0 Å². The van der Waals surface area contributed by atoms with Crippen LogP contribution in [0.5, 0.6) is 0 Å². The van der Waals surface area contributed by atoms with Gasteiger partial charge in [0.2, 0.25) is 0 Å². The fourth-order valence-electron chi connectivity index (χ4n) is 3.34. The van der Waals surface area contributed by atoms with Gasteiger partial charge >= 0.3 is 0 Å². The van der Waals surface area contributed by atoms with Crippen LogP contribution in [0.3, 0.4) is 0 Å². The average molecular weight is 432 g/mol. The van der Waals surface area contributed by atoms with E-state index in [4.69, 9.17) is 14.5 Å². The van der Waals surface area contributed by atoms with E-state index in [2.05, 4.69) is 71.8 Å². The molecule has 0 amide bonds. The molecule has 3 N–H and O–H groups in total. The van der Waals surface area contributed by atoms with Gasteiger partial charge in [-0.15, -0.1) is 0 Å². The molecule has 4 unspecified atom stereocenters. The van der Waals surface area contributed by atoms with E-state index < -0.39 is 5.66 Å². The molecule has 0 aliphatic heterocycles. The molecule has 0 spiro atoms. The second kappa shape index (κ2) is 18.3. The minimum Gasteiger partial charge on any atom is -0.301 e. The lowest BCUT2D eigenvalue weighted by molar-refractivity contribution is -0.153. The summed E-state index contributed by atoms with van der Waals surface area (Å²) < 4.78 is 0. The summed E-state index contributed by atoms with van der Waals surface area (Å²) in [5.74, 6) is 1.88. The van der Waals surface area contributed by atoms with Crippen molar-refractivity contribution in [1.82, 2.24) is 16.4 Å². The van der Waals surface area contributed by atoms with Crippen LogP contribution in [0, 0.1) is 17.8 Å². The number of hydroxylamine groups is 3. The molecule has 0 saturated carbocycles. The van der Waals surface area contributed by atoms with Crippen molar-refractivity contribution >= 4 is 0 Å². The summed E-state index contributed by atoms with van der Waals surface area (Å²) in [6.45, 7) is 19.7. The molecule has 30 heavy (non-hydrogen) atoms. The predicted molar refractivity (Wildman–Crippen MR) is 127 cm³/mol. The molecule has 0 aliphatic rings. The minimum atomic E-state index is -0.561. The monoisotopic (exact) mass is 431 g/mol. The minimum absolute atomic E-state index is 0.00557. The lowest BCUT2D eigenvalue weighted by Gasteiger charge is -2.40. The van der Waals surface area contributed by atoms with Gasteiger partial charge in [-0.2, -0.15) is 16.4 Å². The van der Waals surface area contributed by atoms with Crippen LogP contribution in [0.4, 0.5) is 0 Å². The van der Waals surface area contributed by atoms with Crippen LogP contribution < -0.4 is 16.4 Å². The van der Waals surface area contributed by atoms with Crippen molar-refractivity contribution in [3.63, 3.8) is 0 Å². The van der Waals surface area contributed by atoms with Gasteiger partial charge in [0.15, 0.2) is 0 Å². The van der Waals surface area contributed by atoms with E-state index in [9.17, 15) is 0 Å². The Bertz CT molecular complexity index is 385. The smallest absolute Gasteiger partial charge is 0.132 e. The number of rotatable bonds is 21. The molecule has 0 saturated heterocycles. The standard InChI is InChI=1S/C24H53N3O3/c1-9-14-22(8)19-30-27-24(12-4,26-29-17-13-15-20(5)6)23(11-3)25-28-18-16-21(7)10-2/h20-23,25-27H,9-19H2,1-8H3. The Hall–Kier alpha value is -0.240. The molecular formula is C24H53N3O3. The van der Waals surface area contributed by atoms with E-state index in [0.717, 1.165) is 38.5 Å². The first-order valence-corrected chi connectivity index (χ1v) is 12.5. The summed E-state index contributed by atoms with van der Waals surface area (Å²) >= 11 is 0. The second-order valence-corrected chi connectivity index (χ2v) is 9.35. The SMILES string of the molecule is CCCC(C)CONC(CC)(NOCCCC(C)C)C(CC)NOCCC(C)CC. The van der Waals surface area contributed by atoms with E-state index in [1.165, 1.54) is 12.8 Å². The lowest BCUT2D eigenvalue weighted by atomic mass is 9.97. The van der Waals surface area contributed by atoms with E-state index in [-0.39, 0.29) is 6.04 Å². The molecule has 0 aliphatic carbocycles. The van der Waals surface area contributed by atoms with Crippen molar-refractivity contribution < 1.29 is 14.5 Å². The quantitative estimate of drug-likeness (QED) is 0.122. The predicted octanol–water partition coefficient (Wildman–Crippen LogP) is 5.74. The van der Waals surface area contributed by atoms with Gasteiger partial charge in [0.1, 0.15) is 5.66 Å². The number of hydrogen-bond donors (Lipinski definition) is 3. The Balaban J connectivity index is 4.89. The maximum Gasteiger partial charge on any atom is 0.132 e. The molecule has 6 heteroatoms. The van der Waals surface area contributed by atoms with Crippen molar-refractivity contribution in [2.75, 3.05) is 19.8 Å². The maximum absolute atomic E-state index is 5.96. The van der Waals surface area contributed by atoms with Gasteiger partial charge in [0, 0.05) is 0 Å². The molecular weight excluding hydrogens is 378 g/mol. The van der Waals surface area contributed by atoms with Crippen LogP contribution in [0.2, 0.25) is 0 Å². The Morgan fingerprint density at radius 1 is 0.733 bits per heavy atom. The van der Waals surface area contributed by atoms with Crippen LogP contribution in [-0.2, 0) is 14.5 Å². The van der Waals surface area contributed by atoms with Crippen molar-refractivity contribution in [2.45, 2.75) is 118 Å². The van der Waals surface area contributed by atoms with Crippen LogP contribution in [0.1, 0.15) is 107 Å². The Labute approximate surface area is 187 Å². The molecule has 0 radical (unpaired) electrons. The molecule has 0 heterocycles. The summed E-state index contributed by atoms with van der Waals surface area (Å²) in [4.78, 5) is 17.7. The van der Waals surface area contributed by atoms with Gasteiger partial charge in [-0.05, 0) is 56.3 Å². The van der Waals surface area contributed by atoms with Crippen molar-refractivity contribution in [3.05, 3.63) is 0 Å². The summed E-state index contributed by atoms with van der Waals surface area (Å²) in [6, 6.07) is 0.00557. The van der Waals surface area contributed by atoms with Crippen molar-refractivity contribution in [3.8, 4) is 0 Å². The van der Waals surface area contributed by atoms with Gasteiger partial charge in [-0.3, -0.25) is 9.68 Å². The highest BCUT2D eigenvalue weighted by Crippen LogP contribution is 2.18. The van der Waals surface area contributed by atoms with Gasteiger partial charge < -0.3 is 4.84 Å². The number of nitrogens with one attached hydrogen (secondary N) is 3. The van der Waals surface area contributed by atoms with Crippen molar-refractivity contribution in [2.24, 2.45) is 17.8 Å². The third-order valence-electron chi connectivity index (χ3n) is 5.88. The zero-order chi connectivity index (χ0) is 22.8. The summed E-state index contributed by atoms with van der Waals surface area (Å²) in [7, 11) is 0. The van der Waals surface area contributed by atoms with E-state index in [0.29, 0.717) is 37.6 Å². The molecule has 6 nitrogen and oxygen atoms in total. The topological polar surface area (TPSA) is 63.8 Å². The molecule has 0 bridgehead atoms. The van der Waals surface area contributed by atoms with Gasteiger partial charge in [0.05, 0.1) is 25.9 Å². The van der Waals surface area contributed by atoms with Crippen LogP contribution in [0.15, 0.2) is 0 Å². The van der Waals surface area contributed by atoms with Gasteiger partial charge in [0.25, 0.3) is 0 Å². The molecule has 0 rings (SSSR count). The largest absolute Gasteiger partial charge is 0.301 e. The molecule has 4 atom stereocenters. The second-order valence-electron chi connectivity index (χ2n) is 9.35. The first kappa shape index (κ1) is 29.8. The third-order valence-corrected chi connectivity index (χ3v) is 5.88. The zero-order valence-electron chi connectivity index (χ0n) is 21.3. The van der Waals surface area contributed by atoms with E-state index in [1.54, 1.807) is 0 Å². The Morgan fingerprint density at radius 2 is 1.43 bits per heavy atom. The number of hydrogen-bond acceptors (Lipinski definition) is 6. The average Bonchev–Trinajstić information content (AvgIpc) is 2.72.